The molecule has 0 saturated heterocycles. The maximum Gasteiger partial charge on any atom is 0.0933 e. The minimum Gasteiger partial charge on any atom is -0.361 e. The highest BCUT2D eigenvalue weighted by Gasteiger charge is 2.02. The van der Waals surface area contributed by atoms with Crippen molar-refractivity contribution in [1.29, 1.82) is 0 Å². The van der Waals surface area contributed by atoms with Crippen LogP contribution in [0, 0.1) is 0 Å². The first-order chi connectivity index (χ1) is 9.93. The molecule has 0 saturated carbocycles. The zero-order valence-electron chi connectivity index (χ0n) is 11.7. The van der Waals surface area contributed by atoms with Crippen molar-refractivity contribution in [2.75, 3.05) is 6.54 Å². The second-order valence-electron chi connectivity index (χ2n) is 4.78. The summed E-state index contributed by atoms with van der Waals surface area (Å²) in [6.07, 6.45) is 3.02. The number of H-pyrrole nitrogens is 1. The summed E-state index contributed by atoms with van der Waals surface area (Å²) in [6.45, 7) is 1.39. The molecule has 0 unspecified atom stereocenters. The molecule has 0 amide bonds. The van der Waals surface area contributed by atoms with Crippen LogP contribution in [0.25, 0.3) is 10.9 Å². The summed E-state index contributed by atoms with van der Waals surface area (Å²) in [7, 11) is 0. The van der Waals surface area contributed by atoms with E-state index in [4.69, 9.17) is 4.84 Å². The Kier molecular flexibility index (Phi) is 5.81. The molecule has 3 rings (SSSR count). The SMILES string of the molecule is Cl.c1ccc(CONCCc2c[nH]c3ccccc23)cc1. The molecule has 3 aromatic rings. The average molecular weight is 303 g/mol. The molecule has 1 heterocycles. The lowest BCUT2D eigenvalue weighted by Crippen LogP contribution is -2.17. The van der Waals surface area contributed by atoms with Crippen molar-refractivity contribution in [3.63, 3.8) is 0 Å². The Bertz CT molecular complexity index is 667. The lowest BCUT2D eigenvalue weighted by atomic mass is 10.1. The summed E-state index contributed by atoms with van der Waals surface area (Å²) in [6, 6.07) is 18.5. The standard InChI is InChI=1S/C17H18N2O.ClH/c1-2-6-14(7-3-1)13-20-19-11-10-15-12-18-17-9-5-4-8-16(15)17;/h1-9,12,18-19H,10-11,13H2;1H. The Morgan fingerprint density at radius 2 is 1.71 bits per heavy atom. The van der Waals surface area contributed by atoms with Gasteiger partial charge in [-0.15, -0.1) is 12.4 Å². The largest absolute Gasteiger partial charge is 0.361 e. The minimum absolute atomic E-state index is 0. The molecule has 0 fully saturated rings. The first-order valence-electron chi connectivity index (χ1n) is 6.87. The predicted octanol–water partition coefficient (Wildman–Crippen LogP) is 3.85. The number of benzene rings is 2. The molecule has 3 nitrogen and oxygen atoms in total. The number of fused-ring (bicyclic) bond motifs is 1. The summed E-state index contributed by atoms with van der Waals surface area (Å²) < 4.78 is 0. The highest BCUT2D eigenvalue weighted by atomic mass is 35.5. The number of para-hydroxylation sites is 1. The third-order valence-electron chi connectivity index (χ3n) is 3.36. The van der Waals surface area contributed by atoms with Crippen molar-refractivity contribution in [2.45, 2.75) is 13.0 Å². The van der Waals surface area contributed by atoms with Crippen LogP contribution in [0.2, 0.25) is 0 Å². The van der Waals surface area contributed by atoms with Crippen molar-refractivity contribution in [1.82, 2.24) is 10.5 Å². The van der Waals surface area contributed by atoms with E-state index in [1.165, 1.54) is 22.0 Å². The van der Waals surface area contributed by atoms with E-state index in [2.05, 4.69) is 47.0 Å². The van der Waals surface area contributed by atoms with E-state index >= 15 is 0 Å². The van der Waals surface area contributed by atoms with Crippen LogP contribution in [0.5, 0.6) is 0 Å². The normalized spacial score (nSPS) is 10.5. The van der Waals surface area contributed by atoms with Gasteiger partial charge in [-0.05, 0) is 23.6 Å². The molecule has 21 heavy (non-hydrogen) atoms. The first kappa shape index (κ1) is 15.6. The van der Waals surface area contributed by atoms with Crippen LogP contribution in [0.15, 0.2) is 60.8 Å². The maximum atomic E-state index is 5.47. The van der Waals surface area contributed by atoms with Gasteiger partial charge in [0, 0.05) is 23.6 Å². The highest BCUT2D eigenvalue weighted by Crippen LogP contribution is 2.17. The molecule has 0 spiro atoms. The second-order valence-corrected chi connectivity index (χ2v) is 4.78. The Hall–Kier alpha value is -1.81. The first-order valence-corrected chi connectivity index (χ1v) is 6.87. The fourth-order valence-electron chi connectivity index (χ4n) is 2.30. The number of aromatic amines is 1. The predicted molar refractivity (Wildman–Crippen MR) is 88.5 cm³/mol. The quantitative estimate of drug-likeness (QED) is 0.536. The minimum atomic E-state index is 0. The van der Waals surface area contributed by atoms with E-state index in [0.717, 1.165) is 13.0 Å². The summed E-state index contributed by atoms with van der Waals surface area (Å²) in [5, 5.41) is 1.29. The van der Waals surface area contributed by atoms with Gasteiger partial charge >= 0.3 is 0 Å². The molecule has 0 aliphatic heterocycles. The fraction of sp³-hybridized carbons (Fsp3) is 0.176. The fourth-order valence-corrected chi connectivity index (χ4v) is 2.30. The topological polar surface area (TPSA) is 37.0 Å². The van der Waals surface area contributed by atoms with Crippen LogP contribution in [0.4, 0.5) is 0 Å². The van der Waals surface area contributed by atoms with Gasteiger partial charge in [0.25, 0.3) is 0 Å². The number of hydrogen-bond donors (Lipinski definition) is 2. The zero-order valence-corrected chi connectivity index (χ0v) is 12.5. The maximum absolute atomic E-state index is 5.47. The molecule has 0 atom stereocenters. The van der Waals surface area contributed by atoms with E-state index in [9.17, 15) is 0 Å². The van der Waals surface area contributed by atoms with E-state index in [1.54, 1.807) is 0 Å². The summed E-state index contributed by atoms with van der Waals surface area (Å²) in [5.41, 5.74) is 6.70. The second kappa shape index (κ2) is 7.84. The van der Waals surface area contributed by atoms with Gasteiger partial charge < -0.3 is 4.98 Å². The lowest BCUT2D eigenvalue weighted by molar-refractivity contribution is 0.0289. The van der Waals surface area contributed by atoms with Crippen molar-refractivity contribution in [3.8, 4) is 0 Å². The van der Waals surface area contributed by atoms with Crippen molar-refractivity contribution >= 4 is 23.3 Å². The van der Waals surface area contributed by atoms with Gasteiger partial charge in [-0.1, -0.05) is 48.5 Å². The molecule has 2 N–H and O–H groups in total. The molecule has 4 heteroatoms. The lowest BCUT2D eigenvalue weighted by Gasteiger charge is -2.05. The third kappa shape index (κ3) is 4.08. The molecule has 0 radical (unpaired) electrons. The highest BCUT2D eigenvalue weighted by molar-refractivity contribution is 5.85. The summed E-state index contributed by atoms with van der Waals surface area (Å²) in [4.78, 5) is 8.76. The summed E-state index contributed by atoms with van der Waals surface area (Å²) >= 11 is 0. The van der Waals surface area contributed by atoms with E-state index in [1.807, 2.05) is 24.3 Å². The van der Waals surface area contributed by atoms with Crippen LogP contribution in [-0.4, -0.2) is 11.5 Å². The molecule has 1 aromatic heterocycles. The van der Waals surface area contributed by atoms with Crippen molar-refractivity contribution in [2.24, 2.45) is 0 Å². The van der Waals surface area contributed by atoms with Gasteiger partial charge in [-0.2, -0.15) is 0 Å². The van der Waals surface area contributed by atoms with E-state index < -0.39 is 0 Å². The van der Waals surface area contributed by atoms with Gasteiger partial charge in [0.15, 0.2) is 0 Å². The Labute approximate surface area is 130 Å². The van der Waals surface area contributed by atoms with Gasteiger partial charge in [0.2, 0.25) is 0 Å². The molecule has 110 valence electrons. The molecule has 0 aliphatic carbocycles. The molecule has 0 bridgehead atoms. The summed E-state index contributed by atoms with van der Waals surface area (Å²) in [5.74, 6) is 0. The Morgan fingerprint density at radius 3 is 2.57 bits per heavy atom. The third-order valence-corrected chi connectivity index (χ3v) is 3.36. The van der Waals surface area contributed by atoms with E-state index in [0.29, 0.717) is 6.61 Å². The Morgan fingerprint density at radius 1 is 0.952 bits per heavy atom. The smallest absolute Gasteiger partial charge is 0.0933 e. The van der Waals surface area contributed by atoms with Crippen LogP contribution < -0.4 is 5.48 Å². The molecule has 0 aliphatic rings. The Balaban J connectivity index is 0.00000161. The molecule has 2 aromatic carbocycles. The number of aromatic nitrogens is 1. The molecular weight excluding hydrogens is 284 g/mol. The van der Waals surface area contributed by atoms with Gasteiger partial charge in [-0.25, -0.2) is 5.48 Å². The number of rotatable bonds is 6. The van der Waals surface area contributed by atoms with Crippen LogP contribution in [-0.2, 0) is 17.9 Å². The van der Waals surface area contributed by atoms with Crippen LogP contribution >= 0.6 is 12.4 Å². The zero-order chi connectivity index (χ0) is 13.6. The van der Waals surface area contributed by atoms with Gasteiger partial charge in [-0.3, -0.25) is 4.84 Å². The van der Waals surface area contributed by atoms with Crippen molar-refractivity contribution < 1.29 is 4.84 Å². The molecular formula is C17H19ClN2O. The van der Waals surface area contributed by atoms with Gasteiger partial charge in [0.1, 0.15) is 0 Å². The number of hydrogen-bond acceptors (Lipinski definition) is 2. The number of halogens is 1. The average Bonchev–Trinajstić information content (AvgIpc) is 2.91. The van der Waals surface area contributed by atoms with Crippen LogP contribution in [0.3, 0.4) is 0 Å². The van der Waals surface area contributed by atoms with Gasteiger partial charge in [0.05, 0.1) is 6.61 Å². The van der Waals surface area contributed by atoms with Crippen LogP contribution in [0.1, 0.15) is 11.1 Å². The monoisotopic (exact) mass is 302 g/mol. The van der Waals surface area contributed by atoms with E-state index in [-0.39, 0.29) is 12.4 Å². The number of hydroxylamine groups is 1. The van der Waals surface area contributed by atoms with Crippen molar-refractivity contribution in [3.05, 3.63) is 71.9 Å². The number of nitrogens with one attached hydrogen (secondary N) is 2.